The minimum absolute atomic E-state index is 0.147. The van der Waals surface area contributed by atoms with Crippen LogP contribution in [0.4, 0.5) is 0 Å². The Labute approximate surface area is 177 Å². The van der Waals surface area contributed by atoms with E-state index in [0.717, 1.165) is 37.1 Å². The van der Waals surface area contributed by atoms with E-state index in [-0.39, 0.29) is 30.2 Å². The zero-order valence-electron chi connectivity index (χ0n) is 18.0. The lowest BCUT2D eigenvalue weighted by Crippen LogP contribution is -2.52. The van der Waals surface area contributed by atoms with Crippen molar-refractivity contribution in [1.82, 2.24) is 15.1 Å². The van der Waals surface area contributed by atoms with Crippen LogP contribution in [0.3, 0.4) is 0 Å². The third kappa shape index (κ3) is 3.83. The quantitative estimate of drug-likeness (QED) is 0.725. The van der Waals surface area contributed by atoms with Crippen molar-refractivity contribution < 1.29 is 19.1 Å². The van der Waals surface area contributed by atoms with Gasteiger partial charge in [-0.05, 0) is 69.8 Å². The molecule has 1 saturated heterocycles. The molecule has 162 valence electrons. The molecule has 7 heteroatoms. The average Bonchev–Trinajstić information content (AvgIpc) is 3.27. The molecule has 3 amide bonds. The highest BCUT2D eigenvalue weighted by atomic mass is 16.5. The van der Waals surface area contributed by atoms with Crippen LogP contribution in [0.15, 0.2) is 18.2 Å². The normalized spacial score (nSPS) is 26.5. The maximum Gasteiger partial charge on any atom is 0.255 e. The van der Waals surface area contributed by atoms with E-state index in [0.29, 0.717) is 30.6 Å². The number of rotatable bonds is 6. The van der Waals surface area contributed by atoms with Gasteiger partial charge in [-0.15, -0.1) is 0 Å². The van der Waals surface area contributed by atoms with Crippen molar-refractivity contribution in [2.45, 2.75) is 83.6 Å². The average molecular weight is 414 g/mol. The molecule has 1 aromatic carbocycles. The molecule has 7 nitrogen and oxygen atoms in total. The zero-order chi connectivity index (χ0) is 21.4. The molecule has 1 unspecified atom stereocenters. The number of ether oxygens (including phenoxy) is 1. The minimum Gasteiger partial charge on any atom is -0.489 e. The van der Waals surface area contributed by atoms with E-state index in [1.165, 1.54) is 0 Å². The fraction of sp³-hybridized carbons (Fsp3) is 0.609. The number of nitrogens with zero attached hydrogens (tertiary/aromatic N) is 2. The minimum atomic E-state index is -0.588. The number of imide groups is 1. The largest absolute Gasteiger partial charge is 0.489 e. The van der Waals surface area contributed by atoms with Gasteiger partial charge in [-0.25, -0.2) is 0 Å². The first-order chi connectivity index (χ1) is 14.4. The summed E-state index contributed by atoms with van der Waals surface area (Å²) in [6.07, 6.45) is 4.12. The summed E-state index contributed by atoms with van der Waals surface area (Å²) in [7, 11) is 0. The van der Waals surface area contributed by atoms with E-state index in [1.807, 2.05) is 18.2 Å². The van der Waals surface area contributed by atoms with Crippen molar-refractivity contribution in [1.29, 1.82) is 0 Å². The fourth-order valence-corrected chi connectivity index (χ4v) is 5.20. The third-order valence-corrected chi connectivity index (χ3v) is 6.65. The summed E-state index contributed by atoms with van der Waals surface area (Å²) < 4.78 is 6.40. The molecular formula is C23H31N3O4. The molecular weight excluding hydrogens is 382 g/mol. The Morgan fingerprint density at radius 2 is 2.00 bits per heavy atom. The number of hydrogen-bond acceptors (Lipinski definition) is 5. The second-order valence-electron chi connectivity index (χ2n) is 8.80. The monoisotopic (exact) mass is 413 g/mol. The van der Waals surface area contributed by atoms with E-state index in [1.54, 1.807) is 4.90 Å². The number of hydrogen-bond donors (Lipinski definition) is 1. The van der Waals surface area contributed by atoms with Crippen molar-refractivity contribution in [3.63, 3.8) is 0 Å². The van der Waals surface area contributed by atoms with E-state index in [9.17, 15) is 14.4 Å². The SMILES string of the molecule is CCN(C(C)C)[C@H]1CCC[C@@H]1Oc1ccc2c(c1)CN(C1CCC(=O)NC1=O)C2=O. The fourth-order valence-electron chi connectivity index (χ4n) is 5.20. The van der Waals surface area contributed by atoms with E-state index < -0.39 is 6.04 Å². The van der Waals surface area contributed by atoms with Gasteiger partial charge in [-0.1, -0.05) is 6.92 Å². The molecule has 4 rings (SSSR count). The third-order valence-electron chi connectivity index (χ3n) is 6.65. The molecule has 30 heavy (non-hydrogen) atoms. The van der Waals surface area contributed by atoms with Crippen LogP contribution in [0.2, 0.25) is 0 Å². The molecule has 1 N–H and O–H groups in total. The molecule has 0 spiro atoms. The highest BCUT2D eigenvalue weighted by Gasteiger charge is 2.39. The number of carbonyl (C=O) groups is 3. The Bertz CT molecular complexity index is 853. The molecule has 0 aromatic heterocycles. The molecule has 3 atom stereocenters. The molecule has 2 aliphatic heterocycles. The van der Waals surface area contributed by atoms with Gasteiger partial charge < -0.3 is 9.64 Å². The van der Waals surface area contributed by atoms with Gasteiger partial charge in [0.1, 0.15) is 17.9 Å². The Hall–Kier alpha value is -2.41. The smallest absolute Gasteiger partial charge is 0.255 e. The highest BCUT2D eigenvalue weighted by molar-refractivity contribution is 6.05. The molecule has 1 aliphatic carbocycles. The number of amides is 3. The number of piperidine rings is 1. The topological polar surface area (TPSA) is 79.0 Å². The summed E-state index contributed by atoms with van der Waals surface area (Å²) in [5.41, 5.74) is 1.50. The Balaban J connectivity index is 1.48. The summed E-state index contributed by atoms with van der Waals surface area (Å²) in [6.45, 7) is 8.02. The van der Waals surface area contributed by atoms with E-state index in [4.69, 9.17) is 4.74 Å². The standard InChI is InChI=1S/C23H31N3O4/c1-4-25(14(2)3)18-6-5-7-20(18)30-16-8-9-17-15(12-16)13-26(23(17)29)19-10-11-21(27)24-22(19)28/h8-9,12,14,18-20H,4-7,10-11,13H2,1-3H3,(H,24,27,28)/t18-,19?,20-/m0/s1. The molecule has 1 saturated carbocycles. The maximum atomic E-state index is 12.8. The van der Waals surface area contributed by atoms with Crippen LogP contribution in [0.25, 0.3) is 0 Å². The van der Waals surface area contributed by atoms with Gasteiger partial charge in [-0.2, -0.15) is 0 Å². The van der Waals surface area contributed by atoms with Crippen molar-refractivity contribution in [2.75, 3.05) is 6.54 Å². The summed E-state index contributed by atoms with van der Waals surface area (Å²) in [6, 6.07) is 5.92. The first kappa shape index (κ1) is 20.8. The van der Waals surface area contributed by atoms with Crippen LogP contribution in [0.1, 0.15) is 68.8 Å². The number of carbonyl (C=O) groups excluding carboxylic acids is 3. The molecule has 0 bridgehead atoms. The summed E-state index contributed by atoms with van der Waals surface area (Å²) in [5.74, 6) is -0.0269. The number of nitrogens with one attached hydrogen (secondary N) is 1. The van der Waals surface area contributed by atoms with Crippen LogP contribution in [0, 0.1) is 0 Å². The Kier molecular flexibility index (Phi) is 5.82. The second kappa shape index (κ2) is 8.38. The van der Waals surface area contributed by atoms with E-state index >= 15 is 0 Å². The van der Waals surface area contributed by atoms with Crippen LogP contribution in [0.5, 0.6) is 5.75 Å². The number of benzene rings is 1. The number of likely N-dealkylation sites (N-methyl/N-ethyl adjacent to an activating group) is 1. The molecule has 2 heterocycles. The Morgan fingerprint density at radius 1 is 1.20 bits per heavy atom. The predicted molar refractivity (Wildman–Crippen MR) is 112 cm³/mol. The number of fused-ring (bicyclic) bond motifs is 1. The van der Waals surface area contributed by atoms with Gasteiger partial charge in [0, 0.05) is 30.6 Å². The van der Waals surface area contributed by atoms with Crippen molar-refractivity contribution in [2.24, 2.45) is 0 Å². The van der Waals surface area contributed by atoms with Crippen LogP contribution in [-0.2, 0) is 16.1 Å². The van der Waals surface area contributed by atoms with Gasteiger partial charge in [0.05, 0.1) is 0 Å². The van der Waals surface area contributed by atoms with Gasteiger partial charge in [0.15, 0.2) is 0 Å². The van der Waals surface area contributed by atoms with Crippen LogP contribution < -0.4 is 10.1 Å². The predicted octanol–water partition coefficient (Wildman–Crippen LogP) is 2.48. The first-order valence-electron chi connectivity index (χ1n) is 11.1. The molecule has 1 aromatic rings. The van der Waals surface area contributed by atoms with E-state index in [2.05, 4.69) is 31.0 Å². The van der Waals surface area contributed by atoms with Crippen molar-refractivity contribution in [3.8, 4) is 5.75 Å². The van der Waals surface area contributed by atoms with Crippen molar-refractivity contribution in [3.05, 3.63) is 29.3 Å². The second-order valence-corrected chi connectivity index (χ2v) is 8.80. The van der Waals surface area contributed by atoms with Crippen LogP contribution >= 0.6 is 0 Å². The first-order valence-corrected chi connectivity index (χ1v) is 11.1. The van der Waals surface area contributed by atoms with Gasteiger partial charge >= 0.3 is 0 Å². The zero-order valence-corrected chi connectivity index (χ0v) is 18.0. The molecule has 2 fully saturated rings. The van der Waals surface area contributed by atoms with Gasteiger partial charge in [0.25, 0.3) is 5.91 Å². The Morgan fingerprint density at radius 3 is 2.70 bits per heavy atom. The lowest BCUT2D eigenvalue weighted by Gasteiger charge is -2.35. The maximum absolute atomic E-state index is 12.8. The van der Waals surface area contributed by atoms with Gasteiger partial charge in [-0.3, -0.25) is 24.6 Å². The van der Waals surface area contributed by atoms with Crippen LogP contribution in [-0.4, -0.2) is 58.3 Å². The van der Waals surface area contributed by atoms with Gasteiger partial charge in [0.2, 0.25) is 11.8 Å². The molecule has 3 aliphatic rings. The summed E-state index contributed by atoms with van der Waals surface area (Å²) in [5, 5.41) is 2.34. The lowest BCUT2D eigenvalue weighted by atomic mass is 10.0. The highest BCUT2D eigenvalue weighted by Crippen LogP contribution is 2.33. The van der Waals surface area contributed by atoms with Crippen molar-refractivity contribution >= 4 is 17.7 Å². The summed E-state index contributed by atoms with van der Waals surface area (Å²) in [4.78, 5) is 40.6. The molecule has 0 radical (unpaired) electrons. The summed E-state index contributed by atoms with van der Waals surface area (Å²) >= 11 is 0. The lowest BCUT2D eigenvalue weighted by molar-refractivity contribution is -0.136.